The molecule has 0 fully saturated rings. The molecule has 0 amide bonds. The van der Waals surface area contributed by atoms with Crippen molar-refractivity contribution in [3.8, 4) is 5.75 Å². The smallest absolute Gasteiger partial charge is 0.303 e. The quantitative estimate of drug-likeness (QED) is 0.780. The predicted molar refractivity (Wildman–Crippen MR) is 93.8 cm³/mol. The third-order valence-corrected chi connectivity index (χ3v) is 4.44. The number of aromatic nitrogens is 1. The minimum absolute atomic E-state index is 0.206. The molecule has 25 heavy (non-hydrogen) atoms. The van der Waals surface area contributed by atoms with Crippen molar-refractivity contribution in [3.63, 3.8) is 0 Å². The molecule has 2 rings (SSSR count). The predicted octanol–water partition coefficient (Wildman–Crippen LogP) is 2.44. The van der Waals surface area contributed by atoms with Crippen molar-refractivity contribution >= 4 is 16.0 Å². The molecule has 0 spiro atoms. The Morgan fingerprint density at radius 3 is 2.36 bits per heavy atom. The Morgan fingerprint density at radius 2 is 1.92 bits per heavy atom. The fourth-order valence-electron chi connectivity index (χ4n) is 1.73. The summed E-state index contributed by atoms with van der Waals surface area (Å²) in [7, 11) is -1.98. The van der Waals surface area contributed by atoms with E-state index in [1.807, 2.05) is 13.0 Å². The van der Waals surface area contributed by atoms with Gasteiger partial charge in [0.15, 0.2) is 0 Å². The molecular weight excluding hydrogens is 344 g/mol. The number of hydrogen-bond acceptors (Lipinski definition) is 5. The lowest BCUT2D eigenvalue weighted by molar-refractivity contribution is -0.137. The van der Waals surface area contributed by atoms with E-state index >= 15 is 0 Å². The topological polar surface area (TPSA) is 106 Å². The molecule has 0 saturated carbocycles. The molecule has 2 aromatic rings. The number of nitrogens with one attached hydrogen (secondary N) is 1. The molecule has 1 heterocycles. The van der Waals surface area contributed by atoms with Gasteiger partial charge in [0.2, 0.25) is 10.0 Å². The van der Waals surface area contributed by atoms with Gasteiger partial charge in [-0.3, -0.25) is 9.78 Å². The Labute approximate surface area is 147 Å². The Kier molecular flexibility index (Phi) is 8.59. The second-order valence-corrected chi connectivity index (χ2v) is 6.77. The van der Waals surface area contributed by atoms with Gasteiger partial charge in [0.05, 0.1) is 12.0 Å². The third kappa shape index (κ3) is 7.77. The van der Waals surface area contributed by atoms with Crippen molar-refractivity contribution in [2.24, 2.45) is 0 Å². The average molecular weight is 366 g/mol. The molecule has 136 valence electrons. The molecule has 0 radical (unpaired) electrons. The first-order chi connectivity index (χ1) is 11.9. The standard InChI is InChI=1S/C13H14N2O3S.C4H8O2/c1-18-12-4-6-13(7-5-12)19(16,17)15-10-11-3-2-8-14-9-11;1-2-3-4(5)6/h2-9,15H,10H2,1H3;2-3H2,1H3,(H,5,6). The first-order valence-electron chi connectivity index (χ1n) is 7.63. The molecule has 0 aliphatic rings. The van der Waals surface area contributed by atoms with Gasteiger partial charge in [0.1, 0.15) is 5.75 Å². The fraction of sp³-hybridized carbons (Fsp3) is 0.294. The maximum absolute atomic E-state index is 12.0. The number of aliphatic carboxylic acids is 1. The molecule has 2 N–H and O–H groups in total. The summed E-state index contributed by atoms with van der Waals surface area (Å²) in [6, 6.07) is 9.80. The lowest BCUT2D eigenvalue weighted by Gasteiger charge is -2.07. The monoisotopic (exact) mass is 366 g/mol. The van der Waals surface area contributed by atoms with Gasteiger partial charge in [-0.1, -0.05) is 13.0 Å². The molecular formula is C17H22N2O5S. The summed E-state index contributed by atoms with van der Waals surface area (Å²) in [4.78, 5) is 13.7. The third-order valence-electron chi connectivity index (χ3n) is 3.02. The summed E-state index contributed by atoms with van der Waals surface area (Å²) >= 11 is 0. The van der Waals surface area contributed by atoms with Crippen LogP contribution in [0, 0.1) is 0 Å². The van der Waals surface area contributed by atoms with Gasteiger partial charge >= 0.3 is 5.97 Å². The molecule has 7 nitrogen and oxygen atoms in total. The van der Waals surface area contributed by atoms with Crippen LogP contribution in [0.15, 0.2) is 53.7 Å². The number of pyridine rings is 1. The number of ether oxygens (including phenoxy) is 1. The van der Waals surface area contributed by atoms with Crippen LogP contribution >= 0.6 is 0 Å². The highest BCUT2D eigenvalue weighted by atomic mass is 32.2. The summed E-state index contributed by atoms with van der Waals surface area (Å²) in [6.45, 7) is 2.05. The van der Waals surface area contributed by atoms with Gasteiger partial charge in [-0.15, -0.1) is 0 Å². The van der Waals surface area contributed by atoms with Crippen LogP contribution in [-0.4, -0.2) is 31.6 Å². The van der Waals surface area contributed by atoms with Gasteiger partial charge < -0.3 is 9.84 Å². The molecule has 0 unspecified atom stereocenters. The van der Waals surface area contributed by atoms with Crippen LogP contribution in [0.4, 0.5) is 0 Å². The molecule has 8 heteroatoms. The van der Waals surface area contributed by atoms with E-state index in [0.717, 1.165) is 12.0 Å². The van der Waals surface area contributed by atoms with Gasteiger partial charge in [0, 0.05) is 25.4 Å². The van der Waals surface area contributed by atoms with Gasteiger partial charge in [-0.05, 0) is 42.3 Å². The zero-order valence-corrected chi connectivity index (χ0v) is 15.0. The Morgan fingerprint density at radius 1 is 1.24 bits per heavy atom. The number of benzene rings is 1. The summed E-state index contributed by atoms with van der Waals surface area (Å²) in [5, 5.41) is 7.91. The van der Waals surface area contributed by atoms with Crippen LogP contribution in [0.1, 0.15) is 25.3 Å². The van der Waals surface area contributed by atoms with Crippen LogP contribution in [0.5, 0.6) is 5.75 Å². The molecule has 0 bridgehead atoms. The molecule has 0 saturated heterocycles. The highest BCUT2D eigenvalue weighted by molar-refractivity contribution is 7.89. The summed E-state index contributed by atoms with van der Waals surface area (Å²) in [5.74, 6) is -0.0938. The van der Waals surface area contributed by atoms with E-state index in [1.54, 1.807) is 30.6 Å². The number of sulfonamides is 1. The maximum Gasteiger partial charge on any atom is 0.303 e. The van der Waals surface area contributed by atoms with E-state index in [0.29, 0.717) is 12.2 Å². The first-order valence-corrected chi connectivity index (χ1v) is 9.11. The molecule has 0 atom stereocenters. The van der Waals surface area contributed by atoms with Crippen LogP contribution < -0.4 is 9.46 Å². The number of carboxylic acids is 1. The largest absolute Gasteiger partial charge is 0.497 e. The lowest BCUT2D eigenvalue weighted by atomic mass is 10.3. The molecule has 0 aliphatic heterocycles. The highest BCUT2D eigenvalue weighted by Crippen LogP contribution is 2.15. The number of carbonyl (C=O) groups is 1. The van der Waals surface area contributed by atoms with Crippen molar-refractivity contribution in [3.05, 3.63) is 54.4 Å². The first kappa shape index (κ1) is 20.6. The lowest BCUT2D eigenvalue weighted by Crippen LogP contribution is -2.23. The van der Waals surface area contributed by atoms with Crippen molar-refractivity contribution in [1.82, 2.24) is 9.71 Å². The van der Waals surface area contributed by atoms with E-state index in [2.05, 4.69) is 9.71 Å². The van der Waals surface area contributed by atoms with Gasteiger partial charge in [-0.25, -0.2) is 13.1 Å². The normalized spacial score (nSPS) is 10.5. The molecule has 0 aliphatic carbocycles. The highest BCUT2D eigenvalue weighted by Gasteiger charge is 2.13. The van der Waals surface area contributed by atoms with Crippen molar-refractivity contribution in [2.75, 3.05) is 7.11 Å². The SMILES string of the molecule is CCCC(=O)O.COc1ccc(S(=O)(=O)NCc2cccnc2)cc1. The summed E-state index contributed by atoms with van der Waals surface area (Å²) in [6.07, 6.45) is 4.29. The summed E-state index contributed by atoms with van der Waals surface area (Å²) in [5.41, 5.74) is 0.805. The second-order valence-electron chi connectivity index (χ2n) is 5.01. The van der Waals surface area contributed by atoms with E-state index in [9.17, 15) is 13.2 Å². The molecule has 1 aromatic heterocycles. The van der Waals surface area contributed by atoms with Crippen LogP contribution in [0.25, 0.3) is 0 Å². The maximum atomic E-state index is 12.0. The van der Waals surface area contributed by atoms with Crippen molar-refractivity contribution < 1.29 is 23.1 Å². The van der Waals surface area contributed by atoms with E-state index in [4.69, 9.17) is 9.84 Å². The van der Waals surface area contributed by atoms with Crippen molar-refractivity contribution in [2.45, 2.75) is 31.2 Å². The van der Waals surface area contributed by atoms with E-state index < -0.39 is 16.0 Å². The zero-order valence-electron chi connectivity index (χ0n) is 14.2. The van der Waals surface area contributed by atoms with Crippen LogP contribution in [0.2, 0.25) is 0 Å². The van der Waals surface area contributed by atoms with Gasteiger partial charge in [-0.2, -0.15) is 0 Å². The number of nitrogens with zero attached hydrogens (tertiary/aromatic N) is 1. The molecule has 1 aromatic carbocycles. The second kappa shape index (κ2) is 10.4. The Balaban J connectivity index is 0.000000450. The minimum atomic E-state index is -3.52. The van der Waals surface area contributed by atoms with E-state index in [-0.39, 0.29) is 11.4 Å². The van der Waals surface area contributed by atoms with E-state index in [1.165, 1.54) is 19.2 Å². The van der Waals surface area contributed by atoms with Crippen molar-refractivity contribution in [1.29, 1.82) is 0 Å². The van der Waals surface area contributed by atoms with Gasteiger partial charge in [0.25, 0.3) is 0 Å². The average Bonchev–Trinajstić information content (AvgIpc) is 2.61. The Hall–Kier alpha value is -2.45. The zero-order chi connectivity index (χ0) is 18.7. The Bertz CT molecular complexity index is 746. The number of hydrogen-bond donors (Lipinski definition) is 2. The summed E-state index contributed by atoms with van der Waals surface area (Å²) < 4.78 is 31.6. The number of rotatable bonds is 7. The fourth-order valence-corrected chi connectivity index (χ4v) is 2.75. The van der Waals surface area contributed by atoms with Crippen LogP contribution in [-0.2, 0) is 21.4 Å². The van der Waals surface area contributed by atoms with Crippen LogP contribution in [0.3, 0.4) is 0 Å². The minimum Gasteiger partial charge on any atom is -0.497 e. The number of carboxylic acid groups (broad SMARTS) is 1. The number of methoxy groups -OCH3 is 1.